The van der Waals surface area contributed by atoms with E-state index in [0.29, 0.717) is 19.6 Å². The van der Waals surface area contributed by atoms with Crippen molar-refractivity contribution in [1.29, 1.82) is 0 Å². The third-order valence-corrected chi connectivity index (χ3v) is 3.24. The van der Waals surface area contributed by atoms with Crippen LogP contribution in [-0.4, -0.2) is 42.9 Å². The zero-order chi connectivity index (χ0) is 16.4. The minimum atomic E-state index is -0.876. The van der Waals surface area contributed by atoms with Gasteiger partial charge in [0.2, 0.25) is 0 Å². The number of rotatable bonds is 10. The van der Waals surface area contributed by atoms with E-state index < -0.39 is 11.9 Å². The number of urea groups is 1. The molecule has 0 aromatic heterocycles. The molecule has 0 aliphatic heterocycles. The molecule has 6 heteroatoms. The summed E-state index contributed by atoms with van der Waals surface area (Å²) < 4.78 is 5.34. The molecule has 6 nitrogen and oxygen atoms in total. The number of aliphatic carboxylic acids is 1. The van der Waals surface area contributed by atoms with E-state index in [2.05, 4.69) is 10.6 Å². The Morgan fingerprint density at radius 3 is 2.24 bits per heavy atom. The predicted octanol–water partition coefficient (Wildman–Crippen LogP) is 2.09. The van der Waals surface area contributed by atoms with Gasteiger partial charge in [-0.25, -0.2) is 4.79 Å². The largest absolute Gasteiger partial charge is 0.481 e. The summed E-state index contributed by atoms with van der Waals surface area (Å²) in [6, 6.07) is -0.429. The van der Waals surface area contributed by atoms with Crippen LogP contribution in [0.3, 0.4) is 0 Å². The number of nitrogens with one attached hydrogen (secondary N) is 2. The highest BCUT2D eigenvalue weighted by Gasteiger charge is 2.21. The van der Waals surface area contributed by atoms with Gasteiger partial charge < -0.3 is 20.5 Å². The Balaban J connectivity index is 4.29. The number of amides is 2. The third-order valence-electron chi connectivity index (χ3n) is 3.24. The maximum Gasteiger partial charge on any atom is 0.315 e. The van der Waals surface area contributed by atoms with E-state index in [0.717, 1.165) is 0 Å². The number of carbonyl (C=O) groups excluding carboxylic acids is 1. The number of ether oxygens (including phenoxy) is 1. The van der Waals surface area contributed by atoms with Crippen LogP contribution in [0.25, 0.3) is 0 Å². The lowest BCUT2D eigenvalue weighted by atomic mass is 9.97. The molecular weight excluding hydrogens is 272 g/mol. The second-order valence-electron chi connectivity index (χ2n) is 6.03. The molecule has 0 heterocycles. The fraction of sp³-hybridized carbons (Fsp3) is 0.867. The lowest BCUT2D eigenvalue weighted by Gasteiger charge is -2.23. The maximum atomic E-state index is 11.9. The van der Waals surface area contributed by atoms with Crippen molar-refractivity contribution in [2.24, 2.45) is 17.8 Å². The number of hydrogen-bond acceptors (Lipinski definition) is 3. The lowest BCUT2D eigenvalue weighted by Crippen LogP contribution is -2.48. The van der Waals surface area contributed by atoms with E-state index in [-0.39, 0.29) is 30.5 Å². The molecule has 2 amide bonds. The van der Waals surface area contributed by atoms with Crippen molar-refractivity contribution in [2.45, 2.75) is 47.1 Å². The zero-order valence-electron chi connectivity index (χ0n) is 13.8. The Hall–Kier alpha value is -1.30. The van der Waals surface area contributed by atoms with E-state index in [9.17, 15) is 9.59 Å². The highest BCUT2D eigenvalue weighted by atomic mass is 16.5. The molecule has 0 radical (unpaired) electrons. The standard InChI is InChI=1S/C15H30N2O4/c1-6-21-9-13(11(4)5)17-15(20)16-8-12(14(18)19)7-10(2)3/h10-13H,6-9H2,1-5H3,(H,18,19)(H2,16,17,20). The Labute approximate surface area is 127 Å². The van der Waals surface area contributed by atoms with Gasteiger partial charge in [0.25, 0.3) is 0 Å². The molecule has 2 atom stereocenters. The highest BCUT2D eigenvalue weighted by molar-refractivity contribution is 5.76. The van der Waals surface area contributed by atoms with Crippen LogP contribution in [-0.2, 0) is 9.53 Å². The van der Waals surface area contributed by atoms with Crippen LogP contribution in [0, 0.1) is 17.8 Å². The summed E-state index contributed by atoms with van der Waals surface area (Å²) in [7, 11) is 0. The van der Waals surface area contributed by atoms with Crippen LogP contribution in [0.15, 0.2) is 0 Å². The fourth-order valence-corrected chi connectivity index (χ4v) is 1.92. The van der Waals surface area contributed by atoms with Crippen LogP contribution in [0.5, 0.6) is 0 Å². The van der Waals surface area contributed by atoms with Crippen LogP contribution >= 0.6 is 0 Å². The quantitative estimate of drug-likeness (QED) is 0.576. The maximum absolute atomic E-state index is 11.9. The molecule has 3 N–H and O–H groups in total. The molecule has 0 fully saturated rings. The van der Waals surface area contributed by atoms with Gasteiger partial charge in [0.05, 0.1) is 18.6 Å². The third kappa shape index (κ3) is 9.28. The minimum Gasteiger partial charge on any atom is -0.481 e. The van der Waals surface area contributed by atoms with Crippen molar-refractivity contribution in [3.8, 4) is 0 Å². The first-order valence-corrected chi connectivity index (χ1v) is 7.62. The minimum absolute atomic E-state index is 0.0849. The van der Waals surface area contributed by atoms with Gasteiger partial charge in [0.1, 0.15) is 0 Å². The van der Waals surface area contributed by atoms with Gasteiger partial charge in [-0.15, -0.1) is 0 Å². The lowest BCUT2D eigenvalue weighted by molar-refractivity contribution is -0.142. The van der Waals surface area contributed by atoms with Gasteiger partial charge in [-0.1, -0.05) is 27.7 Å². The summed E-state index contributed by atoms with van der Waals surface area (Å²) in [5.74, 6) is -0.913. The van der Waals surface area contributed by atoms with Crippen molar-refractivity contribution >= 4 is 12.0 Å². The topological polar surface area (TPSA) is 87.7 Å². The average Bonchev–Trinajstić information content (AvgIpc) is 2.38. The van der Waals surface area contributed by atoms with Gasteiger partial charge in [-0.3, -0.25) is 4.79 Å². The second-order valence-corrected chi connectivity index (χ2v) is 6.03. The summed E-state index contributed by atoms with van der Waals surface area (Å²) in [6.07, 6.45) is 0.544. The number of hydrogen-bond donors (Lipinski definition) is 3. The number of carboxylic acids is 1. The fourth-order valence-electron chi connectivity index (χ4n) is 1.92. The molecule has 0 bridgehead atoms. The summed E-state index contributed by atoms with van der Waals surface area (Å²) in [5, 5.41) is 14.6. The SMILES string of the molecule is CCOCC(NC(=O)NCC(CC(C)C)C(=O)O)C(C)C. The second kappa shape index (κ2) is 10.4. The molecule has 0 spiro atoms. The Morgan fingerprint density at radius 2 is 1.81 bits per heavy atom. The molecule has 0 rings (SSSR count). The first kappa shape index (κ1) is 19.7. The highest BCUT2D eigenvalue weighted by Crippen LogP contribution is 2.11. The molecule has 124 valence electrons. The first-order valence-electron chi connectivity index (χ1n) is 7.62. The van der Waals surface area contributed by atoms with Crippen molar-refractivity contribution in [1.82, 2.24) is 10.6 Å². The van der Waals surface area contributed by atoms with Crippen LogP contribution in [0.2, 0.25) is 0 Å². The van der Waals surface area contributed by atoms with Crippen LogP contribution in [0.1, 0.15) is 41.0 Å². The van der Waals surface area contributed by atoms with E-state index in [1.807, 2.05) is 34.6 Å². The van der Waals surface area contributed by atoms with Gasteiger partial charge in [0.15, 0.2) is 0 Å². The van der Waals surface area contributed by atoms with E-state index >= 15 is 0 Å². The van der Waals surface area contributed by atoms with E-state index in [1.54, 1.807) is 0 Å². The molecule has 0 saturated carbocycles. The van der Waals surface area contributed by atoms with E-state index in [4.69, 9.17) is 9.84 Å². The zero-order valence-corrected chi connectivity index (χ0v) is 13.8. The van der Waals surface area contributed by atoms with E-state index in [1.165, 1.54) is 0 Å². The van der Waals surface area contributed by atoms with Gasteiger partial charge >= 0.3 is 12.0 Å². The molecule has 0 aliphatic carbocycles. The van der Waals surface area contributed by atoms with Gasteiger partial charge in [-0.05, 0) is 25.2 Å². The van der Waals surface area contributed by atoms with Crippen molar-refractivity contribution in [3.63, 3.8) is 0 Å². The predicted molar refractivity (Wildman–Crippen MR) is 82.2 cm³/mol. The molecule has 21 heavy (non-hydrogen) atoms. The monoisotopic (exact) mass is 302 g/mol. The van der Waals surface area contributed by atoms with Crippen LogP contribution in [0.4, 0.5) is 4.79 Å². The Morgan fingerprint density at radius 1 is 1.19 bits per heavy atom. The Bertz CT molecular complexity index is 319. The number of carboxylic acid groups (broad SMARTS) is 1. The van der Waals surface area contributed by atoms with Gasteiger partial charge in [0, 0.05) is 13.2 Å². The van der Waals surface area contributed by atoms with Crippen LogP contribution < -0.4 is 10.6 Å². The summed E-state index contributed by atoms with van der Waals surface area (Å²) in [4.78, 5) is 23.0. The first-order chi connectivity index (χ1) is 9.77. The number of carbonyl (C=O) groups is 2. The molecule has 0 aliphatic rings. The molecule has 0 saturated heterocycles. The summed E-state index contributed by atoms with van der Waals surface area (Å²) in [5.41, 5.74) is 0. The Kier molecular flexibility index (Phi) is 9.78. The van der Waals surface area contributed by atoms with Gasteiger partial charge in [-0.2, -0.15) is 0 Å². The normalized spacial score (nSPS) is 14.0. The molecule has 0 aromatic carbocycles. The molecule has 2 unspecified atom stereocenters. The summed E-state index contributed by atoms with van der Waals surface area (Å²) >= 11 is 0. The smallest absolute Gasteiger partial charge is 0.315 e. The van der Waals surface area contributed by atoms with Crippen molar-refractivity contribution in [3.05, 3.63) is 0 Å². The molecular formula is C15H30N2O4. The average molecular weight is 302 g/mol. The summed E-state index contributed by atoms with van der Waals surface area (Å²) in [6.45, 7) is 11.0. The van der Waals surface area contributed by atoms with Crippen molar-refractivity contribution < 1.29 is 19.4 Å². The van der Waals surface area contributed by atoms with Crippen molar-refractivity contribution in [2.75, 3.05) is 19.8 Å². The molecule has 0 aromatic rings.